The number of benzene rings is 4. The zero-order valence-electron chi connectivity index (χ0n) is 20.6. The molecular weight excluding hydrogens is 478 g/mol. The molecule has 7 nitrogen and oxygen atoms in total. The van der Waals surface area contributed by atoms with E-state index in [0.29, 0.717) is 34.9 Å². The summed E-state index contributed by atoms with van der Waals surface area (Å²) in [7, 11) is 0. The molecule has 0 aliphatic heterocycles. The van der Waals surface area contributed by atoms with Crippen molar-refractivity contribution in [1.82, 2.24) is 10.3 Å². The summed E-state index contributed by atoms with van der Waals surface area (Å²) in [6.07, 6.45) is 1.78. The number of nitrogens with one attached hydrogen (secondary N) is 2. The fourth-order valence-electron chi connectivity index (χ4n) is 4.13. The first-order chi connectivity index (χ1) is 18.6. The van der Waals surface area contributed by atoms with Crippen LogP contribution in [0.3, 0.4) is 0 Å². The summed E-state index contributed by atoms with van der Waals surface area (Å²) in [5.74, 6) is 0.606. The molecule has 0 saturated carbocycles. The quantitative estimate of drug-likeness (QED) is 0.166. The molecule has 4 N–H and O–H groups in total. The summed E-state index contributed by atoms with van der Waals surface area (Å²) < 4.78 is 11.7. The Kier molecular flexibility index (Phi) is 7.47. The van der Waals surface area contributed by atoms with E-state index in [1.165, 1.54) is 0 Å². The van der Waals surface area contributed by atoms with E-state index in [4.69, 9.17) is 15.2 Å². The number of nitrogen functional groups attached to an aromatic ring is 1. The van der Waals surface area contributed by atoms with Crippen LogP contribution in [0.2, 0.25) is 0 Å². The Morgan fingerprint density at radius 3 is 2.26 bits per heavy atom. The molecule has 0 radical (unpaired) electrons. The highest BCUT2D eigenvalue weighted by molar-refractivity contribution is 6.09. The Balaban J connectivity index is 1.32. The molecule has 38 heavy (non-hydrogen) atoms. The van der Waals surface area contributed by atoms with E-state index in [-0.39, 0.29) is 18.3 Å². The SMILES string of the molecule is Nc1ccc(Oc2ccc(C(=O)C(COCc3ccccc3)NC(=O)c3cccc4[nH]ccc34)cc2)cc1. The number of amides is 1. The number of carbonyl (C=O) groups is 2. The van der Waals surface area contributed by atoms with E-state index in [0.717, 1.165) is 16.5 Å². The highest BCUT2D eigenvalue weighted by Gasteiger charge is 2.24. The highest BCUT2D eigenvalue weighted by Crippen LogP contribution is 2.23. The van der Waals surface area contributed by atoms with Crippen molar-refractivity contribution in [2.75, 3.05) is 12.3 Å². The van der Waals surface area contributed by atoms with Gasteiger partial charge in [0.2, 0.25) is 0 Å². The van der Waals surface area contributed by atoms with Crippen molar-refractivity contribution in [3.05, 3.63) is 126 Å². The van der Waals surface area contributed by atoms with Gasteiger partial charge in [0.05, 0.1) is 13.2 Å². The van der Waals surface area contributed by atoms with Crippen LogP contribution in [0.25, 0.3) is 10.9 Å². The second kappa shape index (κ2) is 11.5. The van der Waals surface area contributed by atoms with E-state index < -0.39 is 6.04 Å². The number of H-pyrrole nitrogens is 1. The minimum Gasteiger partial charge on any atom is -0.457 e. The number of nitrogens with two attached hydrogens (primary N) is 1. The predicted octanol–water partition coefficient (Wildman–Crippen LogP) is 5.74. The van der Waals surface area contributed by atoms with Gasteiger partial charge in [-0.2, -0.15) is 0 Å². The van der Waals surface area contributed by atoms with E-state index >= 15 is 0 Å². The highest BCUT2D eigenvalue weighted by atomic mass is 16.5. The lowest BCUT2D eigenvalue weighted by molar-refractivity contribution is 0.0672. The maximum atomic E-state index is 13.5. The minimum absolute atomic E-state index is 0.0201. The van der Waals surface area contributed by atoms with Gasteiger partial charge in [0, 0.05) is 33.9 Å². The van der Waals surface area contributed by atoms with Crippen LogP contribution in [0.5, 0.6) is 11.5 Å². The number of aromatic nitrogens is 1. The third-order valence-electron chi connectivity index (χ3n) is 6.11. The van der Waals surface area contributed by atoms with Gasteiger partial charge in [0.1, 0.15) is 17.5 Å². The van der Waals surface area contributed by atoms with Gasteiger partial charge < -0.3 is 25.5 Å². The number of carbonyl (C=O) groups excluding carboxylic acids is 2. The van der Waals surface area contributed by atoms with Crippen LogP contribution in [0, 0.1) is 0 Å². The van der Waals surface area contributed by atoms with Gasteiger partial charge in [-0.25, -0.2) is 0 Å². The van der Waals surface area contributed by atoms with Crippen LogP contribution in [-0.4, -0.2) is 29.3 Å². The summed E-state index contributed by atoms with van der Waals surface area (Å²) in [4.78, 5) is 29.9. The Hall–Kier alpha value is -4.88. The number of aromatic amines is 1. The molecule has 0 bridgehead atoms. The second-order valence-corrected chi connectivity index (χ2v) is 8.83. The number of anilines is 1. The Morgan fingerprint density at radius 2 is 1.53 bits per heavy atom. The third kappa shape index (κ3) is 5.91. The number of fused-ring (bicyclic) bond motifs is 1. The second-order valence-electron chi connectivity index (χ2n) is 8.83. The fraction of sp³-hybridized carbons (Fsp3) is 0.0968. The lowest BCUT2D eigenvalue weighted by Gasteiger charge is -2.19. The first kappa shape index (κ1) is 24.8. The number of ketones is 1. The van der Waals surface area contributed by atoms with Crippen LogP contribution < -0.4 is 15.8 Å². The molecule has 0 spiro atoms. The minimum atomic E-state index is -0.885. The van der Waals surface area contributed by atoms with Gasteiger partial charge in [-0.3, -0.25) is 9.59 Å². The molecule has 1 heterocycles. The molecule has 190 valence electrons. The van der Waals surface area contributed by atoms with Gasteiger partial charge >= 0.3 is 0 Å². The lowest BCUT2D eigenvalue weighted by Crippen LogP contribution is -2.44. The average Bonchev–Trinajstić information content (AvgIpc) is 3.43. The summed E-state index contributed by atoms with van der Waals surface area (Å²) in [6.45, 7) is 0.342. The molecule has 1 atom stereocenters. The topological polar surface area (TPSA) is 106 Å². The molecule has 0 saturated heterocycles. The average molecular weight is 506 g/mol. The zero-order valence-corrected chi connectivity index (χ0v) is 20.6. The number of rotatable bonds is 10. The van der Waals surface area contributed by atoms with Gasteiger partial charge in [0.15, 0.2) is 5.78 Å². The Labute approximate surface area is 220 Å². The van der Waals surface area contributed by atoms with E-state index in [1.807, 2.05) is 42.5 Å². The maximum absolute atomic E-state index is 13.5. The van der Waals surface area contributed by atoms with Crippen molar-refractivity contribution in [2.45, 2.75) is 12.6 Å². The largest absolute Gasteiger partial charge is 0.457 e. The van der Waals surface area contributed by atoms with Gasteiger partial charge in [-0.1, -0.05) is 36.4 Å². The summed E-state index contributed by atoms with van der Waals surface area (Å²) in [5.41, 5.74) is 9.11. The molecule has 1 aromatic heterocycles. The normalized spacial score (nSPS) is 11.7. The van der Waals surface area contributed by atoms with E-state index in [9.17, 15) is 9.59 Å². The van der Waals surface area contributed by atoms with Crippen molar-refractivity contribution in [1.29, 1.82) is 0 Å². The monoisotopic (exact) mass is 505 g/mol. The standard InChI is InChI=1S/C31H27N3O4/c32-23-11-15-25(16-12-23)38-24-13-9-22(10-14-24)30(35)29(20-37-19-21-5-2-1-3-6-21)34-31(36)27-7-4-8-28-26(27)17-18-33-28/h1-18,29,33H,19-20,32H2,(H,34,36). The van der Waals surface area contributed by atoms with Crippen molar-refractivity contribution >= 4 is 28.3 Å². The fourth-order valence-corrected chi connectivity index (χ4v) is 4.13. The van der Waals surface area contributed by atoms with Crippen molar-refractivity contribution in [3.8, 4) is 11.5 Å². The molecule has 7 heteroatoms. The first-order valence-electron chi connectivity index (χ1n) is 12.2. The molecule has 5 rings (SSSR count). The molecule has 0 aliphatic rings. The van der Waals surface area contributed by atoms with E-state index in [2.05, 4.69) is 10.3 Å². The molecule has 0 fully saturated rings. The summed E-state index contributed by atoms with van der Waals surface area (Å²) in [6, 6.07) is 29.9. The van der Waals surface area contributed by atoms with Gasteiger partial charge in [-0.05, 0) is 72.3 Å². The van der Waals surface area contributed by atoms with Crippen molar-refractivity contribution in [2.24, 2.45) is 0 Å². The molecule has 5 aromatic rings. The van der Waals surface area contributed by atoms with Crippen LogP contribution in [0.1, 0.15) is 26.3 Å². The lowest BCUT2D eigenvalue weighted by atomic mass is 10.0. The summed E-state index contributed by atoms with van der Waals surface area (Å²) in [5, 5.41) is 3.67. The molecular formula is C31H27N3O4. The van der Waals surface area contributed by atoms with E-state index in [1.54, 1.807) is 66.9 Å². The van der Waals surface area contributed by atoms with Crippen LogP contribution in [-0.2, 0) is 11.3 Å². The number of hydrogen-bond acceptors (Lipinski definition) is 5. The van der Waals surface area contributed by atoms with Crippen molar-refractivity contribution < 1.29 is 19.1 Å². The molecule has 0 aliphatic carbocycles. The number of ether oxygens (including phenoxy) is 2. The van der Waals surface area contributed by atoms with Crippen LogP contribution >= 0.6 is 0 Å². The maximum Gasteiger partial charge on any atom is 0.252 e. The summed E-state index contributed by atoms with van der Waals surface area (Å²) >= 11 is 0. The molecule has 1 unspecified atom stereocenters. The van der Waals surface area contributed by atoms with Crippen LogP contribution in [0.4, 0.5) is 5.69 Å². The number of hydrogen-bond donors (Lipinski definition) is 3. The van der Waals surface area contributed by atoms with Crippen LogP contribution in [0.15, 0.2) is 109 Å². The third-order valence-corrected chi connectivity index (χ3v) is 6.11. The van der Waals surface area contributed by atoms with Gasteiger partial charge in [0.25, 0.3) is 5.91 Å². The van der Waals surface area contributed by atoms with Gasteiger partial charge in [-0.15, -0.1) is 0 Å². The Bertz CT molecular complexity index is 1530. The Morgan fingerprint density at radius 1 is 0.816 bits per heavy atom. The number of Topliss-reactive ketones (excluding diaryl/α,β-unsaturated/α-hetero) is 1. The predicted molar refractivity (Wildman–Crippen MR) is 147 cm³/mol. The first-order valence-corrected chi connectivity index (χ1v) is 12.2. The zero-order chi connectivity index (χ0) is 26.3. The van der Waals surface area contributed by atoms with Crippen molar-refractivity contribution in [3.63, 3.8) is 0 Å². The molecule has 1 amide bonds. The molecule has 4 aromatic carbocycles. The smallest absolute Gasteiger partial charge is 0.252 e.